The smallest absolute Gasteiger partial charge is 0.407 e. The summed E-state index contributed by atoms with van der Waals surface area (Å²) in [6, 6.07) is 3.64. The van der Waals surface area contributed by atoms with E-state index in [1.54, 1.807) is 20.8 Å². The van der Waals surface area contributed by atoms with Crippen LogP contribution in [0, 0.1) is 27.8 Å². The third-order valence-electron chi connectivity index (χ3n) is 4.35. The monoisotopic (exact) mass is 337 g/mol. The molecule has 24 heavy (non-hydrogen) atoms. The minimum absolute atomic E-state index is 0.0376. The van der Waals surface area contributed by atoms with Crippen molar-refractivity contribution in [3.8, 4) is 0 Å². The van der Waals surface area contributed by atoms with Gasteiger partial charge in [-0.15, -0.1) is 0 Å². The van der Waals surface area contributed by atoms with Gasteiger partial charge in [-0.3, -0.25) is 10.1 Å². The van der Waals surface area contributed by atoms with Crippen molar-refractivity contribution in [3.05, 3.63) is 34.1 Å². The van der Waals surface area contributed by atoms with E-state index in [-0.39, 0.29) is 23.6 Å². The number of piperidine rings is 1. The van der Waals surface area contributed by atoms with Crippen molar-refractivity contribution in [1.82, 2.24) is 5.32 Å². The largest absolute Gasteiger partial charge is 0.444 e. The second kappa shape index (κ2) is 5.61. The lowest BCUT2D eigenvalue weighted by atomic mass is 10.2. The minimum atomic E-state index is -0.626. The van der Waals surface area contributed by atoms with Crippen molar-refractivity contribution < 1.29 is 18.8 Å². The summed E-state index contributed by atoms with van der Waals surface area (Å²) < 4.78 is 18.5. The van der Waals surface area contributed by atoms with Crippen LogP contribution >= 0.6 is 0 Å². The summed E-state index contributed by atoms with van der Waals surface area (Å²) in [6.45, 7) is 6.59. The van der Waals surface area contributed by atoms with E-state index in [0.29, 0.717) is 18.8 Å². The Balaban J connectivity index is 1.61. The Morgan fingerprint density at radius 3 is 2.54 bits per heavy atom. The Morgan fingerprint density at radius 2 is 2.00 bits per heavy atom. The molecule has 1 N–H and O–H groups in total. The molecule has 0 aromatic heterocycles. The number of ether oxygens (including phenoxy) is 1. The molecule has 1 aliphatic carbocycles. The fraction of sp³-hybridized carbons (Fsp3) is 0.562. The molecule has 3 atom stereocenters. The Hall–Kier alpha value is -2.38. The van der Waals surface area contributed by atoms with Crippen molar-refractivity contribution in [2.45, 2.75) is 32.4 Å². The average molecular weight is 337 g/mol. The highest BCUT2D eigenvalue weighted by atomic mass is 19.1. The van der Waals surface area contributed by atoms with E-state index in [2.05, 4.69) is 5.32 Å². The number of anilines is 1. The standard InChI is InChI=1S/C16H20FN3O4/c1-16(2,3)24-15(21)18-14-10-7-19(8-11(10)14)12-5-4-9(17)6-13(12)20(22)23/h4-6,10-11,14H,7-8H2,1-3H3,(H,18,21)/t10-,11?,14?/m0/s1. The molecule has 1 heterocycles. The van der Waals surface area contributed by atoms with E-state index < -0.39 is 22.4 Å². The highest BCUT2D eigenvalue weighted by molar-refractivity contribution is 5.69. The van der Waals surface area contributed by atoms with Crippen LogP contribution in [0.15, 0.2) is 18.2 Å². The Bertz CT molecular complexity index is 676. The van der Waals surface area contributed by atoms with Crippen LogP contribution in [0.2, 0.25) is 0 Å². The lowest BCUT2D eigenvalue weighted by Crippen LogP contribution is -2.38. The number of rotatable bonds is 3. The molecule has 2 fully saturated rings. The van der Waals surface area contributed by atoms with Gasteiger partial charge < -0.3 is 15.0 Å². The molecule has 8 heteroatoms. The number of nitrogens with zero attached hydrogens (tertiary/aromatic N) is 2. The highest BCUT2D eigenvalue weighted by Gasteiger charge is 2.57. The van der Waals surface area contributed by atoms with E-state index in [1.165, 1.54) is 12.1 Å². The van der Waals surface area contributed by atoms with Gasteiger partial charge in [-0.05, 0) is 32.9 Å². The number of nitrogens with one attached hydrogen (secondary N) is 1. The van der Waals surface area contributed by atoms with Crippen LogP contribution < -0.4 is 10.2 Å². The molecule has 0 bridgehead atoms. The molecule has 1 aromatic carbocycles. The van der Waals surface area contributed by atoms with Gasteiger partial charge in [0.1, 0.15) is 17.1 Å². The first-order chi connectivity index (χ1) is 11.2. The van der Waals surface area contributed by atoms with Crippen LogP contribution in [0.1, 0.15) is 20.8 Å². The molecular formula is C16H20FN3O4. The minimum Gasteiger partial charge on any atom is -0.444 e. The number of amides is 1. The Morgan fingerprint density at radius 1 is 1.38 bits per heavy atom. The van der Waals surface area contributed by atoms with E-state index in [9.17, 15) is 19.3 Å². The van der Waals surface area contributed by atoms with Crippen LogP contribution in [0.25, 0.3) is 0 Å². The maximum Gasteiger partial charge on any atom is 0.407 e. The summed E-state index contributed by atoms with van der Waals surface area (Å²) in [5.41, 5.74) is -0.355. The molecule has 7 nitrogen and oxygen atoms in total. The fourth-order valence-electron chi connectivity index (χ4n) is 3.29. The molecule has 1 aliphatic heterocycles. The highest BCUT2D eigenvalue weighted by Crippen LogP contribution is 2.48. The number of halogens is 1. The number of fused-ring (bicyclic) bond motifs is 1. The number of carbonyl (C=O) groups is 1. The molecule has 1 amide bonds. The van der Waals surface area contributed by atoms with Gasteiger partial charge in [0.2, 0.25) is 0 Å². The van der Waals surface area contributed by atoms with E-state index in [4.69, 9.17) is 4.74 Å². The predicted octanol–water partition coefficient (Wildman–Crippen LogP) is 2.69. The fourth-order valence-corrected chi connectivity index (χ4v) is 3.29. The summed E-state index contributed by atoms with van der Waals surface area (Å²) in [6.07, 6.45) is -0.443. The van der Waals surface area contributed by atoms with Gasteiger partial charge in [-0.2, -0.15) is 0 Å². The van der Waals surface area contributed by atoms with Crippen LogP contribution in [-0.2, 0) is 4.74 Å². The summed E-state index contributed by atoms with van der Waals surface area (Å²) >= 11 is 0. The molecule has 1 saturated heterocycles. The van der Waals surface area contributed by atoms with Crippen LogP contribution in [0.4, 0.5) is 20.6 Å². The van der Waals surface area contributed by atoms with Crippen molar-refractivity contribution in [3.63, 3.8) is 0 Å². The van der Waals surface area contributed by atoms with Gasteiger partial charge in [-0.1, -0.05) is 0 Å². The number of nitro groups is 1. The Labute approximate surface area is 138 Å². The van der Waals surface area contributed by atoms with Crippen LogP contribution in [0.5, 0.6) is 0 Å². The number of alkyl carbamates (subject to hydrolysis) is 1. The topological polar surface area (TPSA) is 84.7 Å². The first kappa shape index (κ1) is 16.5. The molecule has 0 spiro atoms. The maximum absolute atomic E-state index is 13.2. The van der Waals surface area contributed by atoms with Crippen LogP contribution in [-0.4, -0.2) is 35.7 Å². The van der Waals surface area contributed by atoms with Crippen molar-refractivity contribution in [2.75, 3.05) is 18.0 Å². The quantitative estimate of drug-likeness (QED) is 0.677. The van der Waals surface area contributed by atoms with Crippen molar-refractivity contribution >= 4 is 17.5 Å². The number of hydrogen-bond donors (Lipinski definition) is 1. The molecule has 1 aromatic rings. The average Bonchev–Trinajstić information content (AvgIpc) is 2.90. The van der Waals surface area contributed by atoms with Gasteiger partial charge in [0, 0.05) is 31.0 Å². The normalized spacial score (nSPS) is 25.2. The van der Waals surface area contributed by atoms with Gasteiger partial charge >= 0.3 is 6.09 Å². The zero-order chi connectivity index (χ0) is 17.6. The van der Waals surface area contributed by atoms with E-state index in [1.807, 2.05) is 4.90 Å². The third kappa shape index (κ3) is 3.27. The summed E-state index contributed by atoms with van der Waals surface area (Å²) in [5.74, 6) is -0.149. The SMILES string of the molecule is CC(C)(C)OC(=O)NC1C2CN(c3ccc(F)cc3[N+](=O)[O-])C[C@@H]21. The van der Waals surface area contributed by atoms with Gasteiger partial charge in [0.15, 0.2) is 0 Å². The lowest BCUT2D eigenvalue weighted by molar-refractivity contribution is -0.384. The van der Waals surface area contributed by atoms with Gasteiger partial charge in [0.05, 0.1) is 11.0 Å². The van der Waals surface area contributed by atoms with Crippen molar-refractivity contribution in [2.24, 2.45) is 11.8 Å². The molecule has 130 valence electrons. The van der Waals surface area contributed by atoms with E-state index in [0.717, 1.165) is 6.07 Å². The number of carbonyl (C=O) groups excluding carboxylic acids is 1. The summed E-state index contributed by atoms with van der Waals surface area (Å²) in [5, 5.41) is 14.0. The number of nitro benzene ring substituents is 1. The molecule has 3 rings (SSSR count). The molecule has 2 unspecified atom stereocenters. The Kier molecular flexibility index (Phi) is 3.85. The first-order valence-corrected chi connectivity index (χ1v) is 7.84. The van der Waals surface area contributed by atoms with Gasteiger partial charge in [0.25, 0.3) is 5.69 Å². The molecule has 0 radical (unpaired) electrons. The molecular weight excluding hydrogens is 317 g/mol. The third-order valence-corrected chi connectivity index (χ3v) is 4.35. The van der Waals surface area contributed by atoms with Crippen molar-refractivity contribution in [1.29, 1.82) is 0 Å². The zero-order valence-electron chi connectivity index (χ0n) is 13.8. The number of benzene rings is 1. The second-order valence-electron chi connectivity index (χ2n) is 7.29. The predicted molar refractivity (Wildman–Crippen MR) is 85.4 cm³/mol. The zero-order valence-corrected chi connectivity index (χ0v) is 13.8. The van der Waals surface area contributed by atoms with E-state index >= 15 is 0 Å². The first-order valence-electron chi connectivity index (χ1n) is 7.84. The van der Waals surface area contributed by atoms with Gasteiger partial charge in [-0.25, -0.2) is 9.18 Å². The lowest BCUT2D eigenvalue weighted by Gasteiger charge is -2.23. The maximum atomic E-state index is 13.2. The van der Waals surface area contributed by atoms with Crippen LogP contribution in [0.3, 0.4) is 0 Å². The second-order valence-corrected chi connectivity index (χ2v) is 7.29. The summed E-state index contributed by atoms with van der Waals surface area (Å²) in [4.78, 5) is 24.2. The molecule has 2 aliphatic rings. The number of hydrogen-bond acceptors (Lipinski definition) is 5. The molecule has 1 saturated carbocycles. The summed E-state index contributed by atoms with van der Waals surface area (Å²) in [7, 11) is 0.